The van der Waals surface area contributed by atoms with Crippen molar-refractivity contribution in [3.05, 3.63) is 54.6 Å². The number of hydrogen-bond donors (Lipinski definition) is 1. The van der Waals surface area contributed by atoms with Gasteiger partial charge in [-0.25, -0.2) is 4.79 Å². The van der Waals surface area contributed by atoms with Crippen molar-refractivity contribution in [1.82, 2.24) is 10.2 Å². The Labute approximate surface area is 160 Å². The largest absolute Gasteiger partial charge is 0.448 e. The van der Waals surface area contributed by atoms with Gasteiger partial charge >= 0.3 is 6.09 Å². The number of amides is 1. The first-order chi connectivity index (χ1) is 13.3. The lowest BCUT2D eigenvalue weighted by Crippen LogP contribution is -2.44. The van der Waals surface area contributed by atoms with Crippen LogP contribution in [0.15, 0.2) is 54.6 Å². The van der Waals surface area contributed by atoms with Crippen molar-refractivity contribution in [3.63, 3.8) is 0 Å². The third-order valence-corrected chi connectivity index (χ3v) is 5.49. The van der Waals surface area contributed by atoms with E-state index in [1.807, 2.05) is 6.07 Å². The normalized spacial score (nSPS) is 18.0. The van der Waals surface area contributed by atoms with Gasteiger partial charge in [-0.1, -0.05) is 42.5 Å². The Morgan fingerprint density at radius 2 is 1.63 bits per heavy atom. The lowest BCUT2D eigenvalue weighted by atomic mass is 10.0. The number of cyclic esters (lactones) is 1. The Hall–Kier alpha value is -2.53. The molecule has 1 N–H and O–H groups in total. The number of nitrogens with one attached hydrogen (secondary N) is 1. The zero-order valence-corrected chi connectivity index (χ0v) is 15.6. The van der Waals surface area contributed by atoms with E-state index in [0.717, 1.165) is 45.6 Å². The lowest BCUT2D eigenvalue weighted by molar-refractivity contribution is 0.158. The van der Waals surface area contributed by atoms with Crippen LogP contribution in [0.25, 0.3) is 11.1 Å². The van der Waals surface area contributed by atoms with Crippen LogP contribution >= 0.6 is 0 Å². The summed E-state index contributed by atoms with van der Waals surface area (Å²) in [7, 11) is 0. The summed E-state index contributed by atoms with van der Waals surface area (Å²) in [5, 5.41) is 3.60. The maximum absolute atomic E-state index is 11.4. The molecule has 2 aliphatic rings. The van der Waals surface area contributed by atoms with Gasteiger partial charge in [-0.3, -0.25) is 0 Å². The quantitative estimate of drug-likeness (QED) is 0.853. The third-order valence-electron chi connectivity index (χ3n) is 5.49. The first-order valence-electron chi connectivity index (χ1n) is 9.85. The van der Waals surface area contributed by atoms with Gasteiger partial charge in [0, 0.05) is 37.9 Å². The minimum absolute atomic E-state index is 0.175. The number of piperidine rings is 1. The van der Waals surface area contributed by atoms with Crippen molar-refractivity contribution in [2.24, 2.45) is 0 Å². The van der Waals surface area contributed by atoms with E-state index in [4.69, 9.17) is 4.74 Å². The molecule has 0 spiro atoms. The van der Waals surface area contributed by atoms with Crippen LogP contribution in [0.1, 0.15) is 12.8 Å². The zero-order chi connectivity index (χ0) is 18.5. The molecule has 2 aromatic carbocycles. The second kappa shape index (κ2) is 8.44. The van der Waals surface area contributed by atoms with E-state index in [0.29, 0.717) is 12.6 Å². The molecule has 0 unspecified atom stereocenters. The molecule has 0 aliphatic carbocycles. The van der Waals surface area contributed by atoms with Gasteiger partial charge in [-0.15, -0.1) is 0 Å². The monoisotopic (exact) mass is 365 g/mol. The maximum Gasteiger partial charge on any atom is 0.409 e. The van der Waals surface area contributed by atoms with Crippen molar-refractivity contribution in [1.29, 1.82) is 0 Å². The number of ether oxygens (including phenoxy) is 1. The Balaban J connectivity index is 1.23. The van der Waals surface area contributed by atoms with Crippen molar-refractivity contribution in [2.45, 2.75) is 18.9 Å². The molecule has 27 heavy (non-hydrogen) atoms. The standard InChI is InChI=1S/C22H27N3O2/c26-22-25(16-17-27-22)15-12-23-20-10-13-24(14-11-20)21-8-6-19(7-9-21)18-4-2-1-3-5-18/h1-9,20,23H,10-17H2. The van der Waals surface area contributed by atoms with Gasteiger partial charge in [0.05, 0.1) is 6.54 Å². The van der Waals surface area contributed by atoms with Gasteiger partial charge in [0.25, 0.3) is 0 Å². The first-order valence-corrected chi connectivity index (χ1v) is 9.85. The van der Waals surface area contributed by atoms with Gasteiger partial charge in [-0.2, -0.15) is 0 Å². The summed E-state index contributed by atoms with van der Waals surface area (Å²) in [5.74, 6) is 0. The van der Waals surface area contributed by atoms with Crippen molar-refractivity contribution in [2.75, 3.05) is 44.2 Å². The summed E-state index contributed by atoms with van der Waals surface area (Å²) in [6.45, 7) is 4.95. The van der Waals surface area contributed by atoms with E-state index in [-0.39, 0.29) is 6.09 Å². The molecule has 2 aromatic rings. The van der Waals surface area contributed by atoms with E-state index in [2.05, 4.69) is 58.7 Å². The van der Waals surface area contributed by atoms with Crippen LogP contribution in [0, 0.1) is 0 Å². The van der Waals surface area contributed by atoms with Gasteiger partial charge in [-0.05, 0) is 36.1 Å². The van der Waals surface area contributed by atoms with Crippen molar-refractivity contribution >= 4 is 11.8 Å². The molecule has 0 saturated carbocycles. The summed E-state index contributed by atoms with van der Waals surface area (Å²) in [5.41, 5.74) is 3.82. The highest BCUT2D eigenvalue weighted by Crippen LogP contribution is 2.25. The summed E-state index contributed by atoms with van der Waals surface area (Å²) < 4.78 is 4.96. The highest BCUT2D eigenvalue weighted by molar-refractivity contribution is 5.69. The number of hydrogen-bond acceptors (Lipinski definition) is 4. The van der Waals surface area contributed by atoms with Crippen LogP contribution in [0.4, 0.5) is 10.5 Å². The van der Waals surface area contributed by atoms with Crippen LogP contribution in [-0.4, -0.2) is 56.4 Å². The summed E-state index contributed by atoms with van der Waals surface area (Å²) in [4.78, 5) is 15.7. The molecule has 0 atom stereocenters. The maximum atomic E-state index is 11.4. The topological polar surface area (TPSA) is 44.8 Å². The van der Waals surface area contributed by atoms with E-state index in [1.54, 1.807) is 4.90 Å². The van der Waals surface area contributed by atoms with Gasteiger partial charge in [0.15, 0.2) is 0 Å². The number of benzene rings is 2. The predicted octanol–water partition coefficient (Wildman–Crippen LogP) is 3.36. The molecule has 1 amide bonds. The zero-order valence-electron chi connectivity index (χ0n) is 15.6. The molecule has 2 heterocycles. The number of rotatable bonds is 6. The van der Waals surface area contributed by atoms with Crippen LogP contribution in [-0.2, 0) is 4.74 Å². The van der Waals surface area contributed by atoms with Crippen LogP contribution in [0.2, 0.25) is 0 Å². The first kappa shape index (κ1) is 17.9. The molecule has 2 aliphatic heterocycles. The Morgan fingerprint density at radius 1 is 0.926 bits per heavy atom. The average Bonchev–Trinajstić information content (AvgIpc) is 3.14. The number of nitrogens with zero attached hydrogens (tertiary/aromatic N) is 2. The molecular formula is C22H27N3O2. The number of anilines is 1. The van der Waals surface area contributed by atoms with Crippen molar-refractivity contribution in [3.8, 4) is 11.1 Å². The fourth-order valence-electron chi connectivity index (χ4n) is 3.87. The highest BCUT2D eigenvalue weighted by Gasteiger charge is 2.23. The molecule has 2 saturated heterocycles. The smallest absolute Gasteiger partial charge is 0.409 e. The van der Waals surface area contributed by atoms with Crippen LogP contribution in [0.3, 0.4) is 0 Å². The van der Waals surface area contributed by atoms with E-state index < -0.39 is 0 Å². The second-order valence-electron chi connectivity index (χ2n) is 7.23. The minimum Gasteiger partial charge on any atom is -0.448 e. The Bertz CT molecular complexity index is 740. The predicted molar refractivity (Wildman–Crippen MR) is 108 cm³/mol. The number of carbonyl (C=O) groups is 1. The van der Waals surface area contributed by atoms with E-state index >= 15 is 0 Å². The minimum atomic E-state index is -0.175. The molecule has 0 radical (unpaired) electrons. The van der Waals surface area contributed by atoms with Gasteiger partial charge in [0.2, 0.25) is 0 Å². The molecule has 2 fully saturated rings. The van der Waals surface area contributed by atoms with E-state index in [1.165, 1.54) is 16.8 Å². The molecule has 0 bridgehead atoms. The van der Waals surface area contributed by atoms with Crippen molar-refractivity contribution < 1.29 is 9.53 Å². The molecular weight excluding hydrogens is 338 g/mol. The molecule has 4 rings (SSSR count). The fourth-order valence-corrected chi connectivity index (χ4v) is 3.87. The van der Waals surface area contributed by atoms with Crippen LogP contribution in [0.5, 0.6) is 0 Å². The van der Waals surface area contributed by atoms with Gasteiger partial charge < -0.3 is 19.9 Å². The summed E-state index contributed by atoms with van der Waals surface area (Å²) >= 11 is 0. The fraction of sp³-hybridized carbons (Fsp3) is 0.409. The number of carbonyl (C=O) groups excluding carboxylic acids is 1. The third kappa shape index (κ3) is 4.42. The molecule has 5 heteroatoms. The highest BCUT2D eigenvalue weighted by atomic mass is 16.6. The Morgan fingerprint density at radius 3 is 2.30 bits per heavy atom. The van der Waals surface area contributed by atoms with Gasteiger partial charge in [0.1, 0.15) is 6.61 Å². The second-order valence-corrected chi connectivity index (χ2v) is 7.23. The van der Waals surface area contributed by atoms with Crippen LogP contribution < -0.4 is 10.2 Å². The lowest BCUT2D eigenvalue weighted by Gasteiger charge is -2.34. The molecule has 5 nitrogen and oxygen atoms in total. The summed E-state index contributed by atoms with van der Waals surface area (Å²) in [6.07, 6.45) is 2.08. The Kier molecular flexibility index (Phi) is 5.58. The molecule has 0 aromatic heterocycles. The summed E-state index contributed by atoms with van der Waals surface area (Å²) in [6, 6.07) is 19.9. The van der Waals surface area contributed by atoms with E-state index in [9.17, 15) is 4.79 Å². The molecule has 142 valence electrons. The average molecular weight is 365 g/mol. The SMILES string of the molecule is O=C1OCCN1CCNC1CCN(c2ccc(-c3ccccc3)cc2)CC1.